The van der Waals surface area contributed by atoms with Crippen LogP contribution in [0.1, 0.15) is 16.2 Å². The molecule has 0 saturated heterocycles. The average molecular weight is 295 g/mol. The van der Waals surface area contributed by atoms with E-state index in [1.54, 1.807) is 31.2 Å². The molecule has 20 heavy (non-hydrogen) atoms. The molecule has 0 radical (unpaired) electrons. The molecule has 1 aromatic carbocycles. The van der Waals surface area contributed by atoms with Gasteiger partial charge in [0.05, 0.1) is 11.9 Å². The van der Waals surface area contributed by atoms with E-state index < -0.39 is 15.9 Å². The Kier molecular flexibility index (Phi) is 3.75. The largest absolute Gasteiger partial charge is 0.351 e. The molecule has 2 aromatic rings. The first kappa shape index (κ1) is 14.1. The van der Waals surface area contributed by atoms with E-state index in [2.05, 4.69) is 15.2 Å². The van der Waals surface area contributed by atoms with Crippen molar-refractivity contribution in [2.45, 2.75) is 6.92 Å². The molecule has 8 heteroatoms. The summed E-state index contributed by atoms with van der Waals surface area (Å²) in [7, 11) is -3.31. The van der Waals surface area contributed by atoms with E-state index in [-0.39, 0.29) is 5.76 Å². The number of anilines is 2. The SMILES string of the molecule is Cc1cc(C(=O)Nc2ccc(NS(C)(=O)=O)cc2)on1. The molecule has 1 aromatic heterocycles. The normalized spacial score (nSPS) is 11.1. The molecule has 1 amide bonds. The Balaban J connectivity index is 2.06. The molecule has 2 rings (SSSR count). The van der Waals surface area contributed by atoms with Crippen molar-refractivity contribution in [3.8, 4) is 0 Å². The lowest BCUT2D eigenvalue weighted by molar-refractivity contribution is 0.0988. The Bertz CT molecular complexity index is 719. The molecule has 0 aliphatic carbocycles. The highest BCUT2D eigenvalue weighted by Gasteiger charge is 2.11. The Hall–Kier alpha value is -2.35. The third kappa shape index (κ3) is 3.82. The molecule has 0 aliphatic heterocycles. The van der Waals surface area contributed by atoms with Crippen LogP contribution in [0.4, 0.5) is 11.4 Å². The molecule has 0 atom stereocenters. The molecule has 1 heterocycles. The molecule has 0 bridgehead atoms. The predicted molar refractivity (Wildman–Crippen MR) is 74.1 cm³/mol. The quantitative estimate of drug-likeness (QED) is 0.892. The van der Waals surface area contributed by atoms with Crippen LogP contribution in [0.5, 0.6) is 0 Å². The summed E-state index contributed by atoms with van der Waals surface area (Å²) in [5, 5.41) is 6.23. The van der Waals surface area contributed by atoms with Gasteiger partial charge >= 0.3 is 0 Å². The van der Waals surface area contributed by atoms with Gasteiger partial charge in [0, 0.05) is 17.4 Å². The highest BCUT2D eigenvalue weighted by Crippen LogP contribution is 2.15. The first-order valence-corrected chi connectivity index (χ1v) is 7.55. The fraction of sp³-hybridized carbons (Fsp3) is 0.167. The summed E-state index contributed by atoms with van der Waals surface area (Å²) in [5.74, 6) is -0.310. The number of hydrogen-bond acceptors (Lipinski definition) is 5. The molecule has 2 N–H and O–H groups in total. The summed E-state index contributed by atoms with van der Waals surface area (Å²) < 4.78 is 29.3. The predicted octanol–water partition coefficient (Wildman–Crippen LogP) is 1.61. The minimum atomic E-state index is -3.31. The van der Waals surface area contributed by atoms with Crippen molar-refractivity contribution in [1.82, 2.24) is 5.16 Å². The zero-order valence-corrected chi connectivity index (χ0v) is 11.7. The maximum atomic E-state index is 11.8. The fourth-order valence-electron chi connectivity index (χ4n) is 1.50. The van der Waals surface area contributed by atoms with Crippen LogP contribution < -0.4 is 10.0 Å². The summed E-state index contributed by atoms with van der Waals surface area (Å²) in [6, 6.07) is 7.77. The van der Waals surface area contributed by atoms with Gasteiger partial charge in [-0.1, -0.05) is 5.16 Å². The summed E-state index contributed by atoms with van der Waals surface area (Å²) in [6.07, 6.45) is 1.06. The van der Waals surface area contributed by atoms with Gasteiger partial charge in [0.15, 0.2) is 0 Å². The van der Waals surface area contributed by atoms with Gasteiger partial charge in [0.25, 0.3) is 5.91 Å². The second-order valence-electron chi connectivity index (χ2n) is 4.24. The van der Waals surface area contributed by atoms with Crippen LogP contribution in [0.2, 0.25) is 0 Å². The van der Waals surface area contributed by atoms with Gasteiger partial charge in [-0.05, 0) is 31.2 Å². The van der Waals surface area contributed by atoms with Crippen LogP contribution in [-0.2, 0) is 10.0 Å². The van der Waals surface area contributed by atoms with Crippen molar-refractivity contribution < 1.29 is 17.7 Å². The number of rotatable bonds is 4. The number of carbonyl (C=O) groups is 1. The molecule has 0 fully saturated rings. The van der Waals surface area contributed by atoms with E-state index >= 15 is 0 Å². The second-order valence-corrected chi connectivity index (χ2v) is 5.99. The van der Waals surface area contributed by atoms with Crippen molar-refractivity contribution in [2.75, 3.05) is 16.3 Å². The number of amides is 1. The summed E-state index contributed by atoms with van der Waals surface area (Å²) in [5.41, 5.74) is 1.55. The Morgan fingerprint density at radius 2 is 1.80 bits per heavy atom. The number of benzene rings is 1. The van der Waals surface area contributed by atoms with Crippen LogP contribution in [0.3, 0.4) is 0 Å². The smallest absolute Gasteiger partial charge is 0.294 e. The number of nitrogens with zero attached hydrogens (tertiary/aromatic N) is 1. The zero-order valence-electron chi connectivity index (χ0n) is 10.9. The lowest BCUT2D eigenvalue weighted by atomic mass is 10.3. The number of nitrogens with one attached hydrogen (secondary N) is 2. The van der Waals surface area contributed by atoms with Gasteiger partial charge in [0.1, 0.15) is 0 Å². The fourth-order valence-corrected chi connectivity index (χ4v) is 2.06. The first-order chi connectivity index (χ1) is 9.33. The molecular weight excluding hydrogens is 282 g/mol. The third-order valence-electron chi connectivity index (χ3n) is 2.30. The minimum Gasteiger partial charge on any atom is -0.351 e. The van der Waals surface area contributed by atoms with Crippen LogP contribution in [-0.4, -0.2) is 25.7 Å². The van der Waals surface area contributed by atoms with Gasteiger partial charge in [-0.3, -0.25) is 9.52 Å². The lowest BCUT2D eigenvalue weighted by Crippen LogP contribution is -2.12. The number of aryl methyl sites for hydroxylation is 1. The number of carbonyl (C=O) groups excluding carboxylic acids is 1. The minimum absolute atomic E-state index is 0.112. The number of hydrogen-bond donors (Lipinski definition) is 2. The molecule has 0 spiro atoms. The van der Waals surface area contributed by atoms with Crippen LogP contribution >= 0.6 is 0 Å². The second kappa shape index (κ2) is 5.33. The van der Waals surface area contributed by atoms with Crippen LogP contribution in [0, 0.1) is 6.92 Å². The molecule has 0 saturated carbocycles. The summed E-state index contributed by atoms with van der Waals surface area (Å²) in [4.78, 5) is 11.8. The highest BCUT2D eigenvalue weighted by molar-refractivity contribution is 7.92. The summed E-state index contributed by atoms with van der Waals surface area (Å²) >= 11 is 0. The molecular formula is C12H13N3O4S. The molecule has 0 unspecified atom stereocenters. The Labute approximate surface area is 116 Å². The monoisotopic (exact) mass is 295 g/mol. The van der Waals surface area contributed by atoms with E-state index in [9.17, 15) is 13.2 Å². The Morgan fingerprint density at radius 3 is 2.30 bits per heavy atom. The van der Waals surface area contributed by atoms with Crippen molar-refractivity contribution >= 4 is 27.3 Å². The Morgan fingerprint density at radius 1 is 1.20 bits per heavy atom. The van der Waals surface area contributed by atoms with Crippen molar-refractivity contribution in [3.05, 3.63) is 41.8 Å². The van der Waals surface area contributed by atoms with Gasteiger partial charge in [0.2, 0.25) is 15.8 Å². The first-order valence-electron chi connectivity index (χ1n) is 5.66. The van der Waals surface area contributed by atoms with E-state index in [0.29, 0.717) is 17.1 Å². The van der Waals surface area contributed by atoms with E-state index in [0.717, 1.165) is 6.26 Å². The van der Waals surface area contributed by atoms with Crippen LogP contribution in [0.15, 0.2) is 34.9 Å². The van der Waals surface area contributed by atoms with Crippen molar-refractivity contribution in [3.63, 3.8) is 0 Å². The molecule has 106 valence electrons. The van der Waals surface area contributed by atoms with E-state index in [1.165, 1.54) is 6.07 Å². The van der Waals surface area contributed by atoms with E-state index in [1.807, 2.05) is 0 Å². The van der Waals surface area contributed by atoms with Crippen molar-refractivity contribution in [1.29, 1.82) is 0 Å². The van der Waals surface area contributed by atoms with Crippen LogP contribution in [0.25, 0.3) is 0 Å². The maximum absolute atomic E-state index is 11.8. The molecule has 7 nitrogen and oxygen atoms in total. The van der Waals surface area contributed by atoms with Gasteiger partial charge in [-0.25, -0.2) is 8.42 Å². The summed E-state index contributed by atoms with van der Waals surface area (Å²) in [6.45, 7) is 1.71. The highest BCUT2D eigenvalue weighted by atomic mass is 32.2. The van der Waals surface area contributed by atoms with E-state index in [4.69, 9.17) is 4.52 Å². The number of sulfonamides is 1. The van der Waals surface area contributed by atoms with Gasteiger partial charge < -0.3 is 9.84 Å². The van der Waals surface area contributed by atoms with Gasteiger partial charge in [-0.2, -0.15) is 0 Å². The maximum Gasteiger partial charge on any atom is 0.294 e. The van der Waals surface area contributed by atoms with Gasteiger partial charge in [-0.15, -0.1) is 0 Å². The standard InChI is InChI=1S/C12H13N3O4S/c1-8-7-11(19-14-8)12(16)13-9-3-5-10(6-4-9)15-20(2,17)18/h3-7,15H,1-2H3,(H,13,16). The third-order valence-corrected chi connectivity index (χ3v) is 2.90. The number of aromatic nitrogens is 1. The average Bonchev–Trinajstić information content (AvgIpc) is 2.77. The topological polar surface area (TPSA) is 101 Å². The lowest BCUT2D eigenvalue weighted by Gasteiger charge is -2.06. The zero-order chi connectivity index (χ0) is 14.8. The molecule has 0 aliphatic rings. The van der Waals surface area contributed by atoms with Crippen molar-refractivity contribution in [2.24, 2.45) is 0 Å².